The molecule has 0 radical (unpaired) electrons. The van der Waals surface area contributed by atoms with Crippen LogP contribution >= 0.6 is 11.8 Å². The van der Waals surface area contributed by atoms with Gasteiger partial charge in [-0.05, 0) is 45.0 Å². The molecule has 1 aromatic carbocycles. The van der Waals surface area contributed by atoms with Crippen LogP contribution in [-0.4, -0.2) is 49.8 Å². The lowest BCUT2D eigenvalue weighted by atomic mass is 9.88. The molecule has 3 heteroatoms. The van der Waals surface area contributed by atoms with Gasteiger partial charge < -0.3 is 4.90 Å². The molecule has 17 heavy (non-hydrogen) atoms. The van der Waals surface area contributed by atoms with Crippen LogP contribution in [0, 0.1) is 0 Å². The third-order valence-corrected chi connectivity index (χ3v) is 4.69. The smallest absolute Gasteiger partial charge is 0.0557 e. The molecule has 0 saturated carbocycles. The standard InChI is InChI=1S/C14H22N2S/c1-14(11-15(2)9-10-16(14)3)12-5-7-13(17-4)8-6-12/h5-8H,9-11H2,1-4H3. The highest BCUT2D eigenvalue weighted by atomic mass is 32.2. The van der Waals surface area contributed by atoms with Gasteiger partial charge in [-0.25, -0.2) is 0 Å². The van der Waals surface area contributed by atoms with Crippen molar-refractivity contribution in [3.05, 3.63) is 29.8 Å². The fourth-order valence-electron chi connectivity index (χ4n) is 2.55. The van der Waals surface area contributed by atoms with E-state index in [0.29, 0.717) is 0 Å². The summed E-state index contributed by atoms with van der Waals surface area (Å²) in [6, 6.07) is 9.02. The Bertz CT molecular complexity index is 376. The first-order valence-corrected chi connectivity index (χ1v) is 7.33. The minimum atomic E-state index is 0.143. The number of piperazine rings is 1. The molecule has 1 saturated heterocycles. The molecule has 1 atom stereocenters. The Kier molecular flexibility index (Phi) is 3.81. The summed E-state index contributed by atoms with van der Waals surface area (Å²) in [6.07, 6.45) is 2.12. The van der Waals surface area contributed by atoms with Crippen LogP contribution in [0.15, 0.2) is 29.2 Å². The van der Waals surface area contributed by atoms with Crippen molar-refractivity contribution >= 4 is 11.8 Å². The van der Waals surface area contributed by atoms with E-state index in [1.807, 2.05) is 0 Å². The molecule has 1 aliphatic heterocycles. The summed E-state index contributed by atoms with van der Waals surface area (Å²) in [5.41, 5.74) is 1.56. The lowest BCUT2D eigenvalue weighted by Gasteiger charge is -2.46. The van der Waals surface area contributed by atoms with E-state index in [0.717, 1.165) is 19.6 Å². The van der Waals surface area contributed by atoms with Crippen molar-refractivity contribution in [3.63, 3.8) is 0 Å². The lowest BCUT2D eigenvalue weighted by Crippen LogP contribution is -2.56. The van der Waals surface area contributed by atoms with Gasteiger partial charge in [-0.3, -0.25) is 4.90 Å². The zero-order chi connectivity index (χ0) is 12.5. The highest BCUT2D eigenvalue weighted by Gasteiger charge is 2.35. The quantitative estimate of drug-likeness (QED) is 0.745. The second kappa shape index (κ2) is 5.01. The van der Waals surface area contributed by atoms with Crippen LogP contribution < -0.4 is 0 Å². The molecule has 0 spiro atoms. The Labute approximate surface area is 109 Å². The molecule has 0 bridgehead atoms. The third-order valence-electron chi connectivity index (χ3n) is 3.95. The number of nitrogens with zero attached hydrogens (tertiary/aromatic N) is 2. The van der Waals surface area contributed by atoms with Gasteiger partial charge in [0.1, 0.15) is 0 Å². The summed E-state index contributed by atoms with van der Waals surface area (Å²) < 4.78 is 0. The molecule has 94 valence electrons. The van der Waals surface area contributed by atoms with Crippen molar-refractivity contribution in [2.45, 2.75) is 17.4 Å². The van der Waals surface area contributed by atoms with E-state index in [1.54, 1.807) is 11.8 Å². The molecule has 1 heterocycles. The van der Waals surface area contributed by atoms with Crippen molar-refractivity contribution in [3.8, 4) is 0 Å². The average Bonchev–Trinajstić information content (AvgIpc) is 2.34. The number of thioether (sulfide) groups is 1. The second-order valence-electron chi connectivity index (χ2n) is 5.16. The predicted octanol–water partition coefficient (Wildman–Crippen LogP) is 2.50. The van der Waals surface area contributed by atoms with Crippen molar-refractivity contribution in [2.75, 3.05) is 40.0 Å². The molecule has 1 aliphatic rings. The van der Waals surface area contributed by atoms with Crippen LogP contribution in [0.25, 0.3) is 0 Å². The van der Waals surface area contributed by atoms with Gasteiger partial charge in [0.05, 0.1) is 5.54 Å². The molecule has 1 fully saturated rings. The number of hydrogen-bond donors (Lipinski definition) is 0. The fraction of sp³-hybridized carbons (Fsp3) is 0.571. The summed E-state index contributed by atoms with van der Waals surface area (Å²) >= 11 is 1.80. The highest BCUT2D eigenvalue weighted by Crippen LogP contribution is 2.31. The average molecular weight is 250 g/mol. The SMILES string of the molecule is CSc1ccc(C2(C)CN(C)CCN2C)cc1. The fourth-order valence-corrected chi connectivity index (χ4v) is 2.96. The van der Waals surface area contributed by atoms with Crippen LogP contribution in [0.3, 0.4) is 0 Å². The van der Waals surface area contributed by atoms with Crippen molar-refractivity contribution in [1.82, 2.24) is 9.80 Å². The van der Waals surface area contributed by atoms with E-state index >= 15 is 0 Å². The number of hydrogen-bond acceptors (Lipinski definition) is 3. The van der Waals surface area contributed by atoms with Gasteiger partial charge in [-0.2, -0.15) is 0 Å². The van der Waals surface area contributed by atoms with Crippen LogP contribution in [0.2, 0.25) is 0 Å². The van der Waals surface area contributed by atoms with Crippen molar-refractivity contribution < 1.29 is 0 Å². The maximum absolute atomic E-state index is 2.47. The van der Waals surface area contributed by atoms with E-state index in [1.165, 1.54) is 10.5 Å². The van der Waals surface area contributed by atoms with Gasteiger partial charge in [-0.1, -0.05) is 12.1 Å². The molecule has 1 aromatic rings. The van der Waals surface area contributed by atoms with Gasteiger partial charge >= 0.3 is 0 Å². The maximum atomic E-state index is 2.47. The zero-order valence-corrected chi connectivity index (χ0v) is 12.0. The molecule has 0 aromatic heterocycles. The van der Waals surface area contributed by atoms with Gasteiger partial charge in [0.15, 0.2) is 0 Å². The summed E-state index contributed by atoms with van der Waals surface area (Å²) in [5.74, 6) is 0. The lowest BCUT2D eigenvalue weighted by molar-refractivity contribution is 0.0379. The van der Waals surface area contributed by atoms with Crippen molar-refractivity contribution in [1.29, 1.82) is 0 Å². The van der Waals surface area contributed by atoms with E-state index in [2.05, 4.69) is 61.3 Å². The molecule has 0 aliphatic carbocycles. The summed E-state index contributed by atoms with van der Waals surface area (Å²) in [4.78, 5) is 6.23. The first-order chi connectivity index (χ1) is 8.06. The Balaban J connectivity index is 2.28. The third kappa shape index (κ3) is 2.51. The zero-order valence-electron chi connectivity index (χ0n) is 11.2. The molecule has 2 nitrogen and oxygen atoms in total. The normalized spacial score (nSPS) is 27.3. The van der Waals surface area contributed by atoms with Crippen LogP contribution in [0.5, 0.6) is 0 Å². The monoisotopic (exact) mass is 250 g/mol. The maximum Gasteiger partial charge on any atom is 0.0557 e. The summed E-state index contributed by atoms with van der Waals surface area (Å²) in [6.45, 7) is 5.74. The number of rotatable bonds is 2. The Hall–Kier alpha value is -0.510. The van der Waals surface area contributed by atoms with Gasteiger partial charge in [0.25, 0.3) is 0 Å². The van der Waals surface area contributed by atoms with Crippen LogP contribution in [0.4, 0.5) is 0 Å². The van der Waals surface area contributed by atoms with Crippen LogP contribution in [-0.2, 0) is 5.54 Å². The number of likely N-dealkylation sites (N-methyl/N-ethyl adjacent to an activating group) is 2. The molecular formula is C14H22N2S. The van der Waals surface area contributed by atoms with E-state index in [9.17, 15) is 0 Å². The van der Waals surface area contributed by atoms with Gasteiger partial charge in [-0.15, -0.1) is 11.8 Å². The van der Waals surface area contributed by atoms with E-state index in [4.69, 9.17) is 0 Å². The minimum absolute atomic E-state index is 0.143. The largest absolute Gasteiger partial charge is 0.303 e. The first kappa shape index (κ1) is 12.9. The topological polar surface area (TPSA) is 6.48 Å². The first-order valence-electron chi connectivity index (χ1n) is 6.10. The van der Waals surface area contributed by atoms with Crippen LogP contribution in [0.1, 0.15) is 12.5 Å². The van der Waals surface area contributed by atoms with E-state index in [-0.39, 0.29) is 5.54 Å². The highest BCUT2D eigenvalue weighted by molar-refractivity contribution is 7.98. The molecule has 0 amide bonds. The van der Waals surface area contributed by atoms with Gasteiger partial charge in [0.2, 0.25) is 0 Å². The summed E-state index contributed by atoms with van der Waals surface area (Å²) in [5, 5.41) is 0. The Morgan fingerprint density at radius 1 is 1.12 bits per heavy atom. The van der Waals surface area contributed by atoms with E-state index < -0.39 is 0 Å². The second-order valence-corrected chi connectivity index (χ2v) is 6.04. The Morgan fingerprint density at radius 3 is 2.35 bits per heavy atom. The minimum Gasteiger partial charge on any atom is -0.303 e. The summed E-state index contributed by atoms with van der Waals surface area (Å²) in [7, 11) is 4.44. The predicted molar refractivity (Wildman–Crippen MR) is 75.7 cm³/mol. The Morgan fingerprint density at radius 2 is 1.76 bits per heavy atom. The van der Waals surface area contributed by atoms with Gasteiger partial charge in [0, 0.05) is 24.5 Å². The number of benzene rings is 1. The molecule has 2 rings (SSSR count). The van der Waals surface area contributed by atoms with Crippen molar-refractivity contribution in [2.24, 2.45) is 0 Å². The molecule has 0 N–H and O–H groups in total. The molecule has 1 unspecified atom stereocenters. The molecular weight excluding hydrogens is 228 g/mol.